The Hall–Kier alpha value is -4.48. The first-order valence-electron chi connectivity index (χ1n) is 13.1. The highest BCUT2D eigenvalue weighted by Crippen LogP contribution is 2.48. The Morgan fingerprint density at radius 1 is 1.10 bits per heavy atom. The zero-order valence-electron chi connectivity index (χ0n) is 24.0. The van der Waals surface area contributed by atoms with Crippen LogP contribution in [0, 0.1) is 11.2 Å². The topological polar surface area (TPSA) is 93.3 Å². The number of hydrogen-bond acceptors (Lipinski definition) is 7. The normalized spacial score (nSPS) is 14.5. The second-order valence-electron chi connectivity index (χ2n) is 11.0. The van der Waals surface area contributed by atoms with Gasteiger partial charge in [0.25, 0.3) is 5.56 Å². The molecule has 0 bridgehead atoms. The highest BCUT2D eigenvalue weighted by atomic mass is 19.3. The maximum atomic E-state index is 14.7. The largest absolute Gasteiger partial charge is 0.497 e. The van der Waals surface area contributed by atoms with E-state index < -0.39 is 35.1 Å². The summed E-state index contributed by atoms with van der Waals surface area (Å²) in [5.74, 6) is -1.36. The fraction of sp³-hybridized carbons (Fsp3) is 0.367. The molecule has 0 fully saturated rings. The van der Waals surface area contributed by atoms with Crippen molar-refractivity contribution in [2.45, 2.75) is 46.3 Å². The van der Waals surface area contributed by atoms with E-state index in [4.69, 9.17) is 14.2 Å². The molecular weight excluding hydrogens is 555 g/mol. The van der Waals surface area contributed by atoms with Crippen molar-refractivity contribution in [3.05, 3.63) is 75.1 Å². The van der Waals surface area contributed by atoms with Crippen molar-refractivity contribution in [1.82, 2.24) is 14.0 Å². The minimum Gasteiger partial charge on any atom is -0.497 e. The van der Waals surface area contributed by atoms with Crippen molar-refractivity contribution in [2.75, 3.05) is 21.3 Å². The van der Waals surface area contributed by atoms with Crippen LogP contribution in [0.4, 0.5) is 13.2 Å². The Balaban J connectivity index is 1.88. The SMILES string of the molecule is COC(=O)c1cc2c(n(Cc3ccc(OC)cc3OC)c1=O)-c1nc3c(OC(F)F)cc(F)cn3c1CC2C(C)(C)C. The minimum absolute atomic E-state index is 0.0275. The van der Waals surface area contributed by atoms with Crippen molar-refractivity contribution < 1.29 is 36.9 Å². The van der Waals surface area contributed by atoms with Crippen LogP contribution < -0.4 is 19.8 Å². The van der Waals surface area contributed by atoms with Gasteiger partial charge in [0.2, 0.25) is 0 Å². The van der Waals surface area contributed by atoms with Crippen LogP contribution in [0.1, 0.15) is 53.9 Å². The molecule has 0 saturated heterocycles. The number of pyridine rings is 2. The highest BCUT2D eigenvalue weighted by Gasteiger charge is 2.39. The van der Waals surface area contributed by atoms with Crippen LogP contribution in [0.15, 0.2) is 41.3 Å². The number of rotatable bonds is 7. The zero-order valence-corrected chi connectivity index (χ0v) is 24.0. The number of ether oxygens (including phenoxy) is 4. The van der Waals surface area contributed by atoms with E-state index in [2.05, 4.69) is 9.72 Å². The maximum Gasteiger partial charge on any atom is 0.387 e. The van der Waals surface area contributed by atoms with Gasteiger partial charge in [0.15, 0.2) is 11.4 Å². The van der Waals surface area contributed by atoms with Crippen molar-refractivity contribution in [3.63, 3.8) is 0 Å². The standard InChI is InChI=1S/C30H30F3N3O6/c1-30(2,3)20-12-21-24(34-26-23(42-29(32)33)9-16(31)14-35(21)26)25-18(20)11-19(28(38)41-6)27(37)36(25)13-15-7-8-17(39-4)10-22(15)40-5/h7-11,14,20,29H,12-13H2,1-6H3. The molecule has 1 aliphatic rings. The summed E-state index contributed by atoms with van der Waals surface area (Å²) in [6.07, 6.45) is 1.47. The Bertz CT molecular complexity index is 1760. The number of aromatic nitrogens is 3. The van der Waals surface area contributed by atoms with E-state index >= 15 is 0 Å². The second-order valence-corrected chi connectivity index (χ2v) is 11.0. The first kappa shape index (κ1) is 29.0. The molecule has 4 aromatic rings. The molecule has 3 heterocycles. The van der Waals surface area contributed by atoms with Gasteiger partial charge in [-0.2, -0.15) is 8.78 Å². The highest BCUT2D eigenvalue weighted by molar-refractivity contribution is 5.90. The Morgan fingerprint density at radius 3 is 2.45 bits per heavy atom. The smallest absolute Gasteiger partial charge is 0.387 e. The number of imidazole rings is 1. The molecule has 42 heavy (non-hydrogen) atoms. The Kier molecular flexibility index (Phi) is 7.42. The maximum absolute atomic E-state index is 14.7. The van der Waals surface area contributed by atoms with Crippen molar-refractivity contribution in [3.8, 4) is 28.6 Å². The van der Waals surface area contributed by atoms with E-state index in [0.717, 1.165) is 12.3 Å². The first-order valence-corrected chi connectivity index (χ1v) is 13.1. The van der Waals surface area contributed by atoms with Gasteiger partial charge in [-0.05, 0) is 41.5 Å². The molecule has 1 aromatic carbocycles. The van der Waals surface area contributed by atoms with Gasteiger partial charge in [-0.15, -0.1) is 0 Å². The van der Waals surface area contributed by atoms with E-state index in [-0.39, 0.29) is 29.4 Å². The average molecular weight is 586 g/mol. The molecule has 1 unspecified atom stereocenters. The van der Waals surface area contributed by atoms with E-state index in [0.29, 0.717) is 40.4 Å². The lowest BCUT2D eigenvalue weighted by atomic mass is 9.70. The number of alkyl halides is 2. The summed E-state index contributed by atoms with van der Waals surface area (Å²) in [5, 5.41) is 0. The monoisotopic (exact) mass is 585 g/mol. The predicted octanol–water partition coefficient (Wildman–Crippen LogP) is 5.44. The van der Waals surface area contributed by atoms with Crippen molar-refractivity contribution in [1.29, 1.82) is 0 Å². The molecule has 5 rings (SSSR count). The zero-order chi connectivity index (χ0) is 30.5. The number of benzene rings is 1. The third-order valence-electron chi connectivity index (χ3n) is 7.56. The van der Waals surface area contributed by atoms with Gasteiger partial charge in [-0.25, -0.2) is 14.2 Å². The predicted molar refractivity (Wildman–Crippen MR) is 147 cm³/mol. The third-order valence-corrected chi connectivity index (χ3v) is 7.56. The van der Waals surface area contributed by atoms with Crippen LogP contribution in [-0.4, -0.2) is 47.9 Å². The second kappa shape index (κ2) is 10.7. The molecule has 9 nitrogen and oxygen atoms in total. The molecule has 222 valence electrons. The van der Waals surface area contributed by atoms with E-state index in [1.807, 2.05) is 20.8 Å². The Morgan fingerprint density at radius 2 is 1.83 bits per heavy atom. The molecular formula is C30H30F3N3O6. The first-order chi connectivity index (χ1) is 19.9. The fourth-order valence-corrected chi connectivity index (χ4v) is 5.55. The summed E-state index contributed by atoms with van der Waals surface area (Å²) in [4.78, 5) is 31.5. The molecule has 0 N–H and O–H groups in total. The molecule has 0 aliphatic heterocycles. The van der Waals surface area contributed by atoms with Gasteiger partial charge in [0.05, 0.1) is 39.3 Å². The van der Waals surface area contributed by atoms with Gasteiger partial charge in [0, 0.05) is 23.9 Å². The van der Waals surface area contributed by atoms with Gasteiger partial charge in [0.1, 0.15) is 28.6 Å². The van der Waals surface area contributed by atoms with Crippen LogP contribution in [0.3, 0.4) is 0 Å². The summed E-state index contributed by atoms with van der Waals surface area (Å²) >= 11 is 0. The quantitative estimate of drug-likeness (QED) is 0.267. The number of halogens is 3. The van der Waals surface area contributed by atoms with Crippen LogP contribution in [0.5, 0.6) is 17.2 Å². The van der Waals surface area contributed by atoms with Crippen LogP contribution >= 0.6 is 0 Å². The molecule has 0 amide bonds. The lowest BCUT2D eigenvalue weighted by Gasteiger charge is -2.36. The van der Waals surface area contributed by atoms with Crippen LogP contribution in [0.25, 0.3) is 17.0 Å². The summed E-state index contributed by atoms with van der Waals surface area (Å²) in [6.45, 7) is 2.75. The third kappa shape index (κ3) is 4.94. The number of carbonyl (C=O) groups excluding carboxylic acids is 1. The van der Waals surface area contributed by atoms with Crippen LogP contribution in [-0.2, 0) is 17.7 Å². The van der Waals surface area contributed by atoms with Gasteiger partial charge in [-0.3, -0.25) is 9.20 Å². The number of esters is 1. The Labute approximate surface area is 239 Å². The van der Waals surface area contributed by atoms with E-state index in [9.17, 15) is 22.8 Å². The summed E-state index contributed by atoms with van der Waals surface area (Å²) in [6, 6.07) is 7.48. The van der Waals surface area contributed by atoms with Crippen LogP contribution in [0.2, 0.25) is 0 Å². The van der Waals surface area contributed by atoms with E-state index in [1.165, 1.54) is 36.4 Å². The molecule has 0 spiro atoms. The molecule has 0 saturated carbocycles. The number of nitrogens with zero attached hydrogens (tertiary/aromatic N) is 3. The average Bonchev–Trinajstić information content (AvgIpc) is 3.31. The molecule has 3 aromatic heterocycles. The fourth-order valence-electron chi connectivity index (χ4n) is 5.55. The summed E-state index contributed by atoms with van der Waals surface area (Å²) in [5.41, 5.74) is 1.15. The van der Waals surface area contributed by atoms with Crippen molar-refractivity contribution in [2.24, 2.45) is 5.41 Å². The summed E-state index contributed by atoms with van der Waals surface area (Å²) < 4.78 is 64.4. The molecule has 12 heteroatoms. The molecule has 1 atom stereocenters. The lowest BCUT2D eigenvalue weighted by Crippen LogP contribution is -2.34. The van der Waals surface area contributed by atoms with Gasteiger partial charge in [-0.1, -0.05) is 20.8 Å². The van der Waals surface area contributed by atoms with Gasteiger partial charge >= 0.3 is 12.6 Å². The number of fused-ring (bicyclic) bond motifs is 5. The van der Waals surface area contributed by atoms with Crippen molar-refractivity contribution >= 4 is 11.6 Å². The number of methoxy groups -OCH3 is 3. The summed E-state index contributed by atoms with van der Waals surface area (Å²) in [7, 11) is 4.19. The molecule has 0 radical (unpaired) electrons. The van der Waals surface area contributed by atoms with Gasteiger partial charge < -0.3 is 23.5 Å². The van der Waals surface area contributed by atoms with E-state index in [1.54, 1.807) is 18.2 Å². The number of hydrogen-bond donors (Lipinski definition) is 0. The molecule has 1 aliphatic carbocycles. The number of carbonyl (C=O) groups is 1. The minimum atomic E-state index is -3.21. The lowest BCUT2D eigenvalue weighted by molar-refractivity contribution is -0.0493.